The van der Waals surface area contributed by atoms with Crippen LogP contribution in [0.2, 0.25) is 0 Å². The fourth-order valence-corrected chi connectivity index (χ4v) is 3.10. The van der Waals surface area contributed by atoms with Gasteiger partial charge in [0.15, 0.2) is 0 Å². The van der Waals surface area contributed by atoms with Crippen molar-refractivity contribution < 1.29 is 9.18 Å². The van der Waals surface area contributed by atoms with E-state index in [9.17, 15) is 9.18 Å². The van der Waals surface area contributed by atoms with E-state index in [-0.39, 0.29) is 23.7 Å². The molecule has 0 saturated carbocycles. The van der Waals surface area contributed by atoms with E-state index in [1.807, 2.05) is 0 Å². The first kappa shape index (κ1) is 16.9. The Morgan fingerprint density at radius 2 is 2.00 bits per heavy atom. The molecule has 1 aromatic carbocycles. The number of carbonyl (C=O) groups excluding carboxylic acids is 1. The first-order chi connectivity index (χ1) is 10.5. The second-order valence-electron chi connectivity index (χ2n) is 6.66. The number of piperidine rings is 1. The van der Waals surface area contributed by atoms with E-state index >= 15 is 0 Å². The number of likely N-dealkylation sites (tertiary alicyclic amines) is 1. The zero-order valence-electron chi connectivity index (χ0n) is 13.8. The third kappa shape index (κ3) is 4.54. The molecule has 1 aromatic rings. The Kier molecular flexibility index (Phi) is 5.95. The van der Waals surface area contributed by atoms with Crippen molar-refractivity contribution in [1.82, 2.24) is 10.2 Å². The average molecular weight is 306 g/mol. The summed E-state index contributed by atoms with van der Waals surface area (Å²) in [6, 6.07) is 6.80. The van der Waals surface area contributed by atoms with Crippen LogP contribution in [0.1, 0.15) is 51.6 Å². The maximum Gasteiger partial charge on any atom is 0.234 e. The minimum Gasteiger partial charge on any atom is -0.348 e. The van der Waals surface area contributed by atoms with E-state index in [2.05, 4.69) is 31.0 Å². The third-order valence-electron chi connectivity index (χ3n) is 4.50. The van der Waals surface area contributed by atoms with Crippen LogP contribution in [0.5, 0.6) is 0 Å². The normalized spacial score (nSPS) is 20.9. The van der Waals surface area contributed by atoms with Gasteiger partial charge in [0.25, 0.3) is 0 Å². The topological polar surface area (TPSA) is 32.3 Å². The molecular weight excluding hydrogens is 279 g/mol. The number of carbonyl (C=O) groups is 1. The number of benzene rings is 1. The third-order valence-corrected chi connectivity index (χ3v) is 4.50. The van der Waals surface area contributed by atoms with Crippen LogP contribution in [-0.2, 0) is 4.79 Å². The number of amides is 1. The molecule has 2 atom stereocenters. The Morgan fingerprint density at radius 3 is 2.59 bits per heavy atom. The van der Waals surface area contributed by atoms with Crippen LogP contribution in [0.4, 0.5) is 4.39 Å². The average Bonchev–Trinajstić information content (AvgIpc) is 2.48. The van der Waals surface area contributed by atoms with Gasteiger partial charge < -0.3 is 5.32 Å². The van der Waals surface area contributed by atoms with Gasteiger partial charge in [0.05, 0.1) is 12.6 Å². The molecule has 0 aromatic heterocycles. The van der Waals surface area contributed by atoms with Crippen LogP contribution in [0.25, 0.3) is 0 Å². The van der Waals surface area contributed by atoms with Gasteiger partial charge in [-0.05, 0) is 49.9 Å². The monoisotopic (exact) mass is 306 g/mol. The van der Waals surface area contributed by atoms with Crippen molar-refractivity contribution >= 4 is 5.91 Å². The maximum atomic E-state index is 13.1. The van der Waals surface area contributed by atoms with E-state index in [0.717, 1.165) is 12.1 Å². The minimum absolute atomic E-state index is 0.0526. The Hall–Kier alpha value is -1.42. The highest BCUT2D eigenvalue weighted by Crippen LogP contribution is 2.22. The number of hydrogen-bond donors (Lipinski definition) is 1. The fourth-order valence-electron chi connectivity index (χ4n) is 3.10. The van der Waals surface area contributed by atoms with Gasteiger partial charge in [0.2, 0.25) is 5.91 Å². The maximum absolute atomic E-state index is 13.1. The summed E-state index contributed by atoms with van der Waals surface area (Å²) >= 11 is 0. The van der Waals surface area contributed by atoms with Gasteiger partial charge in [-0.15, -0.1) is 0 Å². The van der Waals surface area contributed by atoms with Crippen molar-refractivity contribution in [1.29, 1.82) is 0 Å². The highest BCUT2D eigenvalue weighted by molar-refractivity contribution is 5.78. The predicted octanol–water partition coefficient (Wildman–Crippen LogP) is 3.51. The number of halogens is 1. The summed E-state index contributed by atoms with van der Waals surface area (Å²) in [5.74, 6) is 0.0599. The van der Waals surface area contributed by atoms with E-state index in [4.69, 9.17) is 0 Å². The molecule has 0 radical (unpaired) electrons. The molecule has 22 heavy (non-hydrogen) atoms. The molecule has 1 fully saturated rings. The van der Waals surface area contributed by atoms with E-state index in [1.54, 1.807) is 12.1 Å². The lowest BCUT2D eigenvalue weighted by Gasteiger charge is -2.33. The van der Waals surface area contributed by atoms with Gasteiger partial charge >= 0.3 is 0 Å². The zero-order chi connectivity index (χ0) is 16.1. The molecule has 1 heterocycles. The van der Waals surface area contributed by atoms with Gasteiger partial charge in [-0.2, -0.15) is 0 Å². The molecule has 1 aliphatic heterocycles. The number of rotatable bonds is 5. The van der Waals surface area contributed by atoms with Crippen LogP contribution in [0.3, 0.4) is 0 Å². The molecule has 3 nitrogen and oxygen atoms in total. The van der Waals surface area contributed by atoms with Crippen molar-refractivity contribution in [3.63, 3.8) is 0 Å². The molecule has 0 bridgehead atoms. The van der Waals surface area contributed by atoms with Gasteiger partial charge in [-0.25, -0.2) is 4.39 Å². The lowest BCUT2D eigenvalue weighted by Crippen LogP contribution is -2.45. The molecule has 1 N–H and O–H groups in total. The first-order valence-corrected chi connectivity index (χ1v) is 8.26. The Morgan fingerprint density at radius 1 is 1.32 bits per heavy atom. The van der Waals surface area contributed by atoms with Gasteiger partial charge in [0, 0.05) is 6.04 Å². The second kappa shape index (κ2) is 7.73. The van der Waals surface area contributed by atoms with E-state index in [1.165, 1.54) is 31.4 Å². The predicted molar refractivity (Wildman–Crippen MR) is 87.0 cm³/mol. The molecule has 1 amide bonds. The number of hydrogen-bond acceptors (Lipinski definition) is 2. The van der Waals surface area contributed by atoms with Crippen LogP contribution < -0.4 is 5.32 Å². The quantitative estimate of drug-likeness (QED) is 0.903. The zero-order valence-corrected chi connectivity index (χ0v) is 13.8. The molecule has 122 valence electrons. The SMILES string of the molecule is CC(C)C(NC(=O)CN1CCCCC1C)c1ccc(F)cc1. The molecule has 2 rings (SSSR count). The Labute approximate surface area is 132 Å². The van der Waals surface area contributed by atoms with Crippen molar-refractivity contribution in [2.75, 3.05) is 13.1 Å². The van der Waals surface area contributed by atoms with E-state index in [0.29, 0.717) is 12.6 Å². The summed E-state index contributed by atoms with van der Waals surface area (Å²) < 4.78 is 13.1. The van der Waals surface area contributed by atoms with E-state index < -0.39 is 0 Å². The molecule has 1 saturated heterocycles. The number of nitrogens with one attached hydrogen (secondary N) is 1. The summed E-state index contributed by atoms with van der Waals surface area (Å²) in [7, 11) is 0. The largest absolute Gasteiger partial charge is 0.348 e. The second-order valence-corrected chi connectivity index (χ2v) is 6.66. The lowest BCUT2D eigenvalue weighted by molar-refractivity contribution is -0.124. The standard InChI is InChI=1S/C18H27FN2O/c1-13(2)18(15-7-9-16(19)10-8-15)20-17(22)12-21-11-5-4-6-14(21)3/h7-10,13-14,18H,4-6,11-12H2,1-3H3,(H,20,22). The Bertz CT molecular complexity index is 486. The summed E-state index contributed by atoms with van der Waals surface area (Å²) in [4.78, 5) is 14.6. The van der Waals surface area contributed by atoms with Crippen molar-refractivity contribution in [2.24, 2.45) is 5.92 Å². The molecule has 0 spiro atoms. The van der Waals surface area contributed by atoms with Gasteiger partial charge in [0.1, 0.15) is 5.82 Å². The minimum atomic E-state index is -0.250. The van der Waals surface area contributed by atoms with Crippen LogP contribution in [-0.4, -0.2) is 29.9 Å². The fraction of sp³-hybridized carbons (Fsp3) is 0.611. The Balaban J connectivity index is 1.98. The number of nitrogens with zero attached hydrogens (tertiary/aromatic N) is 1. The van der Waals surface area contributed by atoms with Crippen molar-refractivity contribution in [2.45, 2.75) is 52.1 Å². The molecular formula is C18H27FN2O. The van der Waals surface area contributed by atoms with Crippen LogP contribution >= 0.6 is 0 Å². The molecule has 1 aliphatic rings. The van der Waals surface area contributed by atoms with Crippen LogP contribution in [0, 0.1) is 11.7 Å². The highest BCUT2D eigenvalue weighted by atomic mass is 19.1. The smallest absolute Gasteiger partial charge is 0.234 e. The summed E-state index contributed by atoms with van der Waals surface area (Å²) in [6.45, 7) is 7.77. The van der Waals surface area contributed by atoms with Crippen molar-refractivity contribution in [3.05, 3.63) is 35.6 Å². The molecule has 4 heteroatoms. The van der Waals surface area contributed by atoms with Gasteiger partial charge in [-0.3, -0.25) is 9.69 Å². The first-order valence-electron chi connectivity index (χ1n) is 8.26. The van der Waals surface area contributed by atoms with Crippen molar-refractivity contribution in [3.8, 4) is 0 Å². The summed E-state index contributed by atoms with van der Waals surface area (Å²) in [5, 5.41) is 3.12. The summed E-state index contributed by atoms with van der Waals surface area (Å²) in [6.07, 6.45) is 3.59. The van der Waals surface area contributed by atoms with Crippen LogP contribution in [0.15, 0.2) is 24.3 Å². The highest BCUT2D eigenvalue weighted by Gasteiger charge is 2.23. The molecule has 2 unspecified atom stereocenters. The van der Waals surface area contributed by atoms with Gasteiger partial charge in [-0.1, -0.05) is 32.4 Å². The molecule has 0 aliphatic carbocycles. The summed E-state index contributed by atoms with van der Waals surface area (Å²) in [5.41, 5.74) is 0.955. The lowest BCUT2D eigenvalue weighted by atomic mass is 9.96.